The van der Waals surface area contributed by atoms with Crippen LogP contribution >= 0.6 is 11.6 Å². The summed E-state index contributed by atoms with van der Waals surface area (Å²) in [5.74, 6) is -0.881. The van der Waals surface area contributed by atoms with E-state index in [2.05, 4.69) is 0 Å². The maximum Gasteiger partial charge on any atom is 0.340 e. The first-order valence-electron chi connectivity index (χ1n) is 11.0. The van der Waals surface area contributed by atoms with E-state index in [9.17, 15) is 18.0 Å². The van der Waals surface area contributed by atoms with Crippen molar-refractivity contribution in [2.75, 3.05) is 24.6 Å². The smallest absolute Gasteiger partial charge is 0.340 e. The number of carbonyl (C=O) groups is 2. The molecule has 4 aromatic rings. The molecule has 1 aromatic heterocycles. The first-order valence-corrected chi connectivity index (χ1v) is 12.8. The number of carbonyl (C=O) groups excluding carboxylic acids is 2. The molecule has 4 rings (SSSR count). The number of rotatable bonds is 8. The van der Waals surface area contributed by atoms with Gasteiger partial charge in [-0.15, -0.1) is 0 Å². The highest BCUT2D eigenvalue weighted by molar-refractivity contribution is 7.92. The number of halogens is 1. The SMILES string of the molecule is CCOc1ccccc1N(CC(=O)n1cc(C(=O)OC)c2ccccc21)S(=O)(=O)c1ccc(Cl)cc1. The Morgan fingerprint density at radius 2 is 1.64 bits per heavy atom. The zero-order valence-corrected chi connectivity index (χ0v) is 21.1. The number of ether oxygens (including phenoxy) is 2. The van der Waals surface area contributed by atoms with E-state index in [4.69, 9.17) is 21.1 Å². The fourth-order valence-electron chi connectivity index (χ4n) is 3.83. The van der Waals surface area contributed by atoms with Gasteiger partial charge in [0.15, 0.2) is 0 Å². The third kappa shape index (κ3) is 4.80. The van der Waals surface area contributed by atoms with Crippen molar-refractivity contribution in [1.29, 1.82) is 0 Å². The Labute approximate surface area is 213 Å². The van der Waals surface area contributed by atoms with Gasteiger partial charge < -0.3 is 9.47 Å². The lowest BCUT2D eigenvalue weighted by atomic mass is 10.2. The van der Waals surface area contributed by atoms with Gasteiger partial charge >= 0.3 is 5.97 Å². The Morgan fingerprint density at radius 3 is 2.33 bits per heavy atom. The molecule has 1 heterocycles. The minimum atomic E-state index is -4.21. The molecule has 0 fully saturated rings. The average molecular weight is 527 g/mol. The van der Waals surface area contributed by atoms with Crippen LogP contribution in [-0.4, -0.2) is 45.1 Å². The van der Waals surface area contributed by atoms with Gasteiger partial charge in [0.05, 0.1) is 35.4 Å². The van der Waals surface area contributed by atoms with Crippen LogP contribution in [0.15, 0.2) is 83.9 Å². The van der Waals surface area contributed by atoms with Crippen LogP contribution in [0, 0.1) is 0 Å². The van der Waals surface area contributed by atoms with Gasteiger partial charge in [-0.1, -0.05) is 41.9 Å². The lowest BCUT2D eigenvalue weighted by molar-refractivity contribution is 0.0603. The molecule has 0 saturated heterocycles. The number of hydrogen-bond donors (Lipinski definition) is 0. The average Bonchev–Trinajstić information content (AvgIpc) is 3.27. The number of nitrogens with zero attached hydrogens (tertiary/aromatic N) is 2. The molecule has 186 valence electrons. The largest absolute Gasteiger partial charge is 0.492 e. The number of methoxy groups -OCH3 is 1. The molecule has 0 atom stereocenters. The molecule has 0 aliphatic carbocycles. The number of para-hydroxylation sites is 3. The number of fused-ring (bicyclic) bond motifs is 1. The van der Waals surface area contributed by atoms with Crippen LogP contribution in [0.1, 0.15) is 22.1 Å². The van der Waals surface area contributed by atoms with Gasteiger partial charge in [0.1, 0.15) is 12.3 Å². The van der Waals surface area contributed by atoms with Crippen LogP contribution in [-0.2, 0) is 14.8 Å². The second-order valence-corrected chi connectivity index (χ2v) is 9.98. The normalized spacial score (nSPS) is 11.3. The number of esters is 1. The van der Waals surface area contributed by atoms with Gasteiger partial charge in [-0.25, -0.2) is 13.2 Å². The van der Waals surface area contributed by atoms with E-state index in [0.29, 0.717) is 28.3 Å². The van der Waals surface area contributed by atoms with Gasteiger partial charge in [-0.3, -0.25) is 13.7 Å². The van der Waals surface area contributed by atoms with E-state index in [1.54, 1.807) is 55.5 Å². The first-order chi connectivity index (χ1) is 17.3. The molecule has 0 aliphatic rings. The molecule has 0 aliphatic heterocycles. The monoisotopic (exact) mass is 526 g/mol. The summed E-state index contributed by atoms with van der Waals surface area (Å²) in [6.07, 6.45) is 1.36. The molecule has 8 nitrogen and oxygen atoms in total. The van der Waals surface area contributed by atoms with Crippen molar-refractivity contribution in [3.05, 3.63) is 89.6 Å². The zero-order chi connectivity index (χ0) is 25.9. The van der Waals surface area contributed by atoms with Crippen molar-refractivity contribution >= 4 is 50.1 Å². The van der Waals surface area contributed by atoms with Crippen LogP contribution in [0.25, 0.3) is 10.9 Å². The lowest BCUT2D eigenvalue weighted by Crippen LogP contribution is -2.37. The summed E-state index contributed by atoms with van der Waals surface area (Å²) in [5, 5.41) is 0.889. The number of hydrogen-bond acceptors (Lipinski definition) is 6. The first kappa shape index (κ1) is 25.3. The summed E-state index contributed by atoms with van der Waals surface area (Å²) < 4.78 is 40.3. The molecule has 0 unspecified atom stereocenters. The van der Waals surface area contributed by atoms with Crippen molar-refractivity contribution in [3.8, 4) is 5.75 Å². The Morgan fingerprint density at radius 1 is 0.972 bits per heavy atom. The van der Waals surface area contributed by atoms with E-state index in [1.165, 1.54) is 42.1 Å². The number of sulfonamides is 1. The maximum atomic E-state index is 13.8. The summed E-state index contributed by atoms with van der Waals surface area (Å²) in [5.41, 5.74) is 0.848. The standard InChI is InChI=1S/C26H23ClN2O6S/c1-3-35-24-11-7-6-10-23(24)29(36(32,33)19-14-12-18(27)13-15-19)17-25(30)28-16-21(26(31)34-2)20-8-4-5-9-22(20)28/h4-16H,3,17H2,1-2H3. The Kier molecular flexibility index (Phi) is 7.32. The molecule has 0 radical (unpaired) electrons. The highest BCUT2D eigenvalue weighted by Gasteiger charge is 2.31. The predicted molar refractivity (Wildman–Crippen MR) is 137 cm³/mol. The van der Waals surface area contributed by atoms with Crippen LogP contribution in [0.4, 0.5) is 5.69 Å². The van der Waals surface area contributed by atoms with Gasteiger partial charge in [0.2, 0.25) is 0 Å². The molecule has 0 N–H and O–H groups in total. The molecular weight excluding hydrogens is 504 g/mol. The van der Waals surface area contributed by atoms with Crippen molar-refractivity contribution in [2.24, 2.45) is 0 Å². The number of aromatic nitrogens is 1. The Balaban J connectivity index is 1.84. The summed E-state index contributed by atoms with van der Waals surface area (Å²) in [4.78, 5) is 25.9. The Hall–Kier alpha value is -3.82. The minimum Gasteiger partial charge on any atom is -0.492 e. The fraction of sp³-hybridized carbons (Fsp3) is 0.154. The molecule has 3 aromatic carbocycles. The summed E-state index contributed by atoms with van der Waals surface area (Å²) >= 11 is 5.96. The van der Waals surface area contributed by atoms with Crippen LogP contribution in [0.5, 0.6) is 5.75 Å². The lowest BCUT2D eigenvalue weighted by Gasteiger charge is -2.26. The van der Waals surface area contributed by atoms with E-state index in [1.807, 2.05) is 0 Å². The molecule has 36 heavy (non-hydrogen) atoms. The molecule has 0 spiro atoms. The third-order valence-electron chi connectivity index (χ3n) is 5.50. The van der Waals surface area contributed by atoms with Gasteiger partial charge in [-0.2, -0.15) is 0 Å². The second-order valence-electron chi connectivity index (χ2n) is 7.68. The van der Waals surface area contributed by atoms with E-state index < -0.39 is 28.4 Å². The van der Waals surface area contributed by atoms with Gasteiger partial charge in [0.25, 0.3) is 15.9 Å². The van der Waals surface area contributed by atoms with Crippen LogP contribution in [0.3, 0.4) is 0 Å². The van der Waals surface area contributed by atoms with Crippen molar-refractivity contribution in [2.45, 2.75) is 11.8 Å². The predicted octanol–water partition coefficient (Wildman–Crippen LogP) is 5.02. The van der Waals surface area contributed by atoms with Crippen molar-refractivity contribution in [1.82, 2.24) is 4.57 Å². The maximum absolute atomic E-state index is 13.8. The highest BCUT2D eigenvalue weighted by Crippen LogP contribution is 2.33. The summed E-state index contributed by atoms with van der Waals surface area (Å²) in [6.45, 7) is 1.51. The molecular formula is C26H23ClN2O6S. The fourth-order valence-corrected chi connectivity index (χ4v) is 5.38. The molecule has 0 amide bonds. The number of anilines is 1. The highest BCUT2D eigenvalue weighted by atomic mass is 35.5. The van der Waals surface area contributed by atoms with Gasteiger partial charge in [0, 0.05) is 16.6 Å². The van der Waals surface area contributed by atoms with Crippen molar-refractivity contribution in [3.63, 3.8) is 0 Å². The number of benzene rings is 3. The summed E-state index contributed by atoms with van der Waals surface area (Å²) in [6, 6.07) is 19.1. The van der Waals surface area contributed by atoms with E-state index in [0.717, 1.165) is 4.31 Å². The van der Waals surface area contributed by atoms with Gasteiger partial charge in [-0.05, 0) is 49.4 Å². The molecule has 10 heteroatoms. The minimum absolute atomic E-state index is 0.0429. The zero-order valence-electron chi connectivity index (χ0n) is 19.5. The Bertz CT molecular complexity index is 1530. The van der Waals surface area contributed by atoms with E-state index >= 15 is 0 Å². The third-order valence-corrected chi connectivity index (χ3v) is 7.53. The molecule has 0 bridgehead atoms. The molecule has 0 saturated carbocycles. The quantitative estimate of drug-likeness (QED) is 0.299. The summed E-state index contributed by atoms with van der Waals surface area (Å²) in [7, 11) is -2.96. The van der Waals surface area contributed by atoms with Crippen LogP contribution < -0.4 is 9.04 Å². The second kappa shape index (κ2) is 10.4. The van der Waals surface area contributed by atoms with Crippen LogP contribution in [0.2, 0.25) is 5.02 Å². The van der Waals surface area contributed by atoms with Crippen molar-refractivity contribution < 1.29 is 27.5 Å². The van der Waals surface area contributed by atoms with E-state index in [-0.39, 0.29) is 16.1 Å². The topological polar surface area (TPSA) is 94.9 Å².